The van der Waals surface area contributed by atoms with Crippen molar-refractivity contribution in [2.45, 2.75) is 122 Å². The summed E-state index contributed by atoms with van der Waals surface area (Å²) in [5, 5.41) is 0. The lowest BCUT2D eigenvalue weighted by Gasteiger charge is -2.12. The van der Waals surface area contributed by atoms with Gasteiger partial charge >= 0.3 is 0 Å². The summed E-state index contributed by atoms with van der Waals surface area (Å²) in [5.74, 6) is 0. The van der Waals surface area contributed by atoms with Crippen LogP contribution in [0.3, 0.4) is 0 Å². The predicted molar refractivity (Wildman–Crippen MR) is 130 cm³/mol. The van der Waals surface area contributed by atoms with Crippen molar-refractivity contribution >= 4 is 0 Å². The molecular formula is C28H48O3. The molecule has 0 saturated carbocycles. The van der Waals surface area contributed by atoms with Gasteiger partial charge in [-0.15, -0.1) is 0 Å². The summed E-state index contributed by atoms with van der Waals surface area (Å²) >= 11 is 0. The van der Waals surface area contributed by atoms with Crippen molar-refractivity contribution in [3.63, 3.8) is 0 Å². The van der Waals surface area contributed by atoms with Gasteiger partial charge in [0.25, 0.3) is 0 Å². The maximum atomic E-state index is 5.93. The van der Waals surface area contributed by atoms with Crippen LogP contribution in [-0.2, 0) is 14.2 Å². The summed E-state index contributed by atoms with van der Waals surface area (Å²) in [5.41, 5.74) is 1.09. The maximum absolute atomic E-state index is 5.93. The van der Waals surface area contributed by atoms with Gasteiger partial charge in [-0.05, 0) is 6.42 Å². The Morgan fingerprint density at radius 3 is 1.77 bits per heavy atom. The average Bonchev–Trinajstić information content (AvgIpc) is 3.28. The summed E-state index contributed by atoms with van der Waals surface area (Å²) < 4.78 is 17.5. The SMILES string of the molecule is CCCCCCCCCCCCCCCCCCOCC1COC(c2ccccc2)O1. The van der Waals surface area contributed by atoms with E-state index in [0.29, 0.717) is 13.2 Å². The minimum Gasteiger partial charge on any atom is -0.379 e. The molecule has 3 nitrogen and oxygen atoms in total. The summed E-state index contributed by atoms with van der Waals surface area (Å²) in [6.45, 7) is 4.40. The van der Waals surface area contributed by atoms with Crippen LogP contribution in [0.4, 0.5) is 0 Å². The van der Waals surface area contributed by atoms with E-state index in [0.717, 1.165) is 18.6 Å². The topological polar surface area (TPSA) is 27.7 Å². The molecule has 2 rings (SSSR count). The number of hydrogen-bond donors (Lipinski definition) is 0. The molecule has 1 aromatic carbocycles. The molecule has 3 heteroatoms. The molecule has 0 amide bonds. The summed E-state index contributed by atoms with van der Waals surface area (Å²) in [4.78, 5) is 0. The standard InChI is InChI=1S/C28H48O3/c1-2-3-4-5-6-7-8-9-10-11-12-13-14-15-16-20-23-29-24-27-25-30-28(31-27)26-21-18-17-19-22-26/h17-19,21-22,27-28H,2-16,20,23-25H2,1H3. The van der Waals surface area contributed by atoms with Crippen LogP contribution in [0, 0.1) is 0 Å². The van der Waals surface area contributed by atoms with Gasteiger partial charge in [0.2, 0.25) is 0 Å². The van der Waals surface area contributed by atoms with E-state index in [9.17, 15) is 0 Å². The van der Waals surface area contributed by atoms with Gasteiger partial charge in [-0.3, -0.25) is 0 Å². The Kier molecular flexibility index (Phi) is 15.9. The van der Waals surface area contributed by atoms with Crippen molar-refractivity contribution in [2.24, 2.45) is 0 Å². The van der Waals surface area contributed by atoms with Gasteiger partial charge in [0.05, 0.1) is 13.2 Å². The second-order valence-electron chi connectivity index (χ2n) is 9.21. The number of rotatable bonds is 20. The second-order valence-corrected chi connectivity index (χ2v) is 9.21. The lowest BCUT2D eigenvalue weighted by Crippen LogP contribution is -2.18. The van der Waals surface area contributed by atoms with Gasteiger partial charge < -0.3 is 14.2 Å². The van der Waals surface area contributed by atoms with Crippen molar-refractivity contribution in [3.05, 3.63) is 35.9 Å². The second kappa shape index (κ2) is 18.7. The quantitative estimate of drug-likeness (QED) is 0.194. The molecule has 0 N–H and O–H groups in total. The van der Waals surface area contributed by atoms with E-state index in [-0.39, 0.29) is 12.4 Å². The van der Waals surface area contributed by atoms with E-state index in [4.69, 9.17) is 14.2 Å². The summed E-state index contributed by atoms with van der Waals surface area (Å²) in [6, 6.07) is 10.1. The molecule has 31 heavy (non-hydrogen) atoms. The molecule has 178 valence electrons. The third-order valence-electron chi connectivity index (χ3n) is 6.27. The Balaban J connectivity index is 1.27. The zero-order valence-corrected chi connectivity index (χ0v) is 20.2. The van der Waals surface area contributed by atoms with Crippen LogP contribution in [0.1, 0.15) is 122 Å². The van der Waals surface area contributed by atoms with Crippen molar-refractivity contribution < 1.29 is 14.2 Å². The maximum Gasteiger partial charge on any atom is 0.184 e. The Labute approximate surface area is 192 Å². The monoisotopic (exact) mass is 432 g/mol. The minimum atomic E-state index is -0.231. The Morgan fingerprint density at radius 2 is 1.23 bits per heavy atom. The summed E-state index contributed by atoms with van der Waals surface area (Å²) in [7, 11) is 0. The lowest BCUT2D eigenvalue weighted by molar-refractivity contribution is -0.0739. The molecular weight excluding hydrogens is 384 g/mol. The normalized spacial score (nSPS) is 18.6. The smallest absolute Gasteiger partial charge is 0.184 e. The van der Waals surface area contributed by atoms with Crippen LogP contribution < -0.4 is 0 Å². The Morgan fingerprint density at radius 1 is 0.710 bits per heavy atom. The predicted octanol–water partition coefficient (Wildman–Crippen LogP) is 8.38. The highest BCUT2D eigenvalue weighted by Crippen LogP contribution is 2.26. The van der Waals surface area contributed by atoms with Crippen molar-refractivity contribution in [1.29, 1.82) is 0 Å². The fourth-order valence-corrected chi connectivity index (χ4v) is 4.29. The molecule has 2 atom stereocenters. The van der Waals surface area contributed by atoms with Crippen LogP contribution in [0.15, 0.2) is 30.3 Å². The molecule has 1 heterocycles. The van der Waals surface area contributed by atoms with Crippen molar-refractivity contribution in [2.75, 3.05) is 19.8 Å². The minimum absolute atomic E-state index is 0.0614. The molecule has 1 saturated heterocycles. The number of benzene rings is 1. The molecule has 0 aliphatic carbocycles. The van der Waals surface area contributed by atoms with E-state index >= 15 is 0 Å². The van der Waals surface area contributed by atoms with E-state index in [1.807, 2.05) is 30.3 Å². The largest absolute Gasteiger partial charge is 0.379 e. The molecule has 0 spiro atoms. The van der Waals surface area contributed by atoms with E-state index in [2.05, 4.69) is 6.92 Å². The third kappa shape index (κ3) is 13.3. The molecule has 2 unspecified atom stereocenters. The van der Waals surface area contributed by atoms with E-state index in [1.165, 1.54) is 96.3 Å². The molecule has 0 radical (unpaired) electrons. The first-order valence-electron chi connectivity index (χ1n) is 13.3. The van der Waals surface area contributed by atoms with Crippen LogP contribution in [0.2, 0.25) is 0 Å². The van der Waals surface area contributed by atoms with Crippen molar-refractivity contribution in [3.8, 4) is 0 Å². The fourth-order valence-electron chi connectivity index (χ4n) is 4.29. The first-order chi connectivity index (χ1) is 15.4. The first-order valence-corrected chi connectivity index (χ1v) is 13.3. The molecule has 1 fully saturated rings. The molecule has 1 aliphatic heterocycles. The van der Waals surface area contributed by atoms with Gasteiger partial charge in [0.15, 0.2) is 6.29 Å². The van der Waals surface area contributed by atoms with Crippen molar-refractivity contribution in [1.82, 2.24) is 0 Å². The molecule has 0 bridgehead atoms. The van der Waals surface area contributed by atoms with E-state index in [1.54, 1.807) is 0 Å². The zero-order valence-electron chi connectivity index (χ0n) is 20.2. The van der Waals surface area contributed by atoms with Gasteiger partial charge in [-0.25, -0.2) is 0 Å². The lowest BCUT2D eigenvalue weighted by atomic mass is 10.0. The number of unbranched alkanes of at least 4 members (excludes halogenated alkanes) is 15. The average molecular weight is 433 g/mol. The molecule has 1 aliphatic rings. The van der Waals surface area contributed by atoms with E-state index < -0.39 is 0 Å². The van der Waals surface area contributed by atoms with Crippen LogP contribution in [0.5, 0.6) is 0 Å². The first kappa shape index (κ1) is 26.4. The zero-order chi connectivity index (χ0) is 21.8. The highest BCUT2D eigenvalue weighted by Gasteiger charge is 2.27. The number of ether oxygens (including phenoxy) is 3. The highest BCUT2D eigenvalue weighted by atomic mass is 16.7. The van der Waals surface area contributed by atoms with Gasteiger partial charge in [0.1, 0.15) is 6.10 Å². The van der Waals surface area contributed by atoms with Crippen LogP contribution >= 0.6 is 0 Å². The summed E-state index contributed by atoms with van der Waals surface area (Å²) in [6.07, 6.45) is 22.2. The van der Waals surface area contributed by atoms with Gasteiger partial charge in [0, 0.05) is 12.2 Å². The highest BCUT2D eigenvalue weighted by molar-refractivity contribution is 5.16. The molecule has 0 aromatic heterocycles. The van der Waals surface area contributed by atoms with Gasteiger partial charge in [-0.1, -0.05) is 134 Å². The molecule has 1 aromatic rings. The van der Waals surface area contributed by atoms with Gasteiger partial charge in [-0.2, -0.15) is 0 Å². The number of hydrogen-bond acceptors (Lipinski definition) is 3. The van der Waals surface area contributed by atoms with Crippen LogP contribution in [-0.4, -0.2) is 25.9 Å². The Hall–Kier alpha value is -0.900. The Bertz CT molecular complexity index is 504. The fraction of sp³-hybridized carbons (Fsp3) is 0.786. The van der Waals surface area contributed by atoms with Crippen LogP contribution in [0.25, 0.3) is 0 Å². The third-order valence-corrected chi connectivity index (χ3v) is 6.27.